The first-order valence-corrected chi connectivity index (χ1v) is 15.6. The molecule has 1 fully saturated rings. The fourth-order valence-electron chi connectivity index (χ4n) is 5.46. The van der Waals surface area contributed by atoms with E-state index in [1.165, 1.54) is 22.5 Å². The van der Waals surface area contributed by atoms with E-state index in [9.17, 15) is 22.4 Å². The van der Waals surface area contributed by atoms with Gasteiger partial charge in [-0.05, 0) is 66.6 Å². The molecule has 216 valence electrons. The third-order valence-corrected chi connectivity index (χ3v) is 10.7. The maximum Gasteiger partial charge on any atom is 0.247 e. The van der Waals surface area contributed by atoms with Gasteiger partial charge in [0.1, 0.15) is 16.8 Å². The lowest BCUT2D eigenvalue weighted by Crippen LogP contribution is -2.55. The predicted molar refractivity (Wildman–Crippen MR) is 155 cm³/mol. The number of carbonyl (C=O) groups is 2. The van der Waals surface area contributed by atoms with Crippen LogP contribution in [0.2, 0.25) is 10.0 Å². The van der Waals surface area contributed by atoms with E-state index in [0.29, 0.717) is 37.1 Å². The zero-order chi connectivity index (χ0) is 29.3. The number of carbonyl (C=O) groups excluding carboxylic acids is 2. The van der Waals surface area contributed by atoms with Gasteiger partial charge < -0.3 is 10.2 Å². The van der Waals surface area contributed by atoms with Crippen LogP contribution in [0.15, 0.2) is 65.6 Å². The fraction of sp³-hybridized carbons (Fsp3) is 0.333. The lowest BCUT2D eigenvalue weighted by molar-refractivity contribution is -0.139. The molecule has 0 saturated carbocycles. The third-order valence-electron chi connectivity index (χ3n) is 7.86. The van der Waals surface area contributed by atoms with Crippen molar-refractivity contribution in [2.45, 2.75) is 50.2 Å². The average Bonchev–Trinajstić information content (AvgIpc) is 2.96. The Morgan fingerprint density at radius 3 is 2.29 bits per heavy atom. The normalized spacial score (nSPS) is 18.1. The van der Waals surface area contributed by atoms with Crippen molar-refractivity contribution in [3.63, 3.8) is 0 Å². The third kappa shape index (κ3) is 6.14. The average molecular weight is 619 g/mol. The molecule has 41 heavy (non-hydrogen) atoms. The predicted octanol–water partition coefficient (Wildman–Crippen LogP) is 5.11. The first-order valence-electron chi connectivity index (χ1n) is 13.4. The summed E-state index contributed by atoms with van der Waals surface area (Å²) in [5, 5.41) is 2.85. The van der Waals surface area contributed by atoms with Gasteiger partial charge in [-0.2, -0.15) is 4.31 Å². The van der Waals surface area contributed by atoms with Crippen LogP contribution in [0.25, 0.3) is 0 Å². The molecular formula is C30H30Cl2FN3O4S. The molecule has 0 aliphatic carbocycles. The second-order valence-corrected chi connectivity index (χ2v) is 13.1. The van der Waals surface area contributed by atoms with Crippen molar-refractivity contribution in [1.29, 1.82) is 0 Å². The smallest absolute Gasteiger partial charge is 0.247 e. The Balaban J connectivity index is 1.30. The Hall–Kier alpha value is -2.98. The van der Waals surface area contributed by atoms with Crippen LogP contribution < -0.4 is 5.32 Å². The Bertz CT molecular complexity index is 1570. The number of halogens is 3. The van der Waals surface area contributed by atoms with E-state index in [0.717, 1.165) is 11.1 Å². The first kappa shape index (κ1) is 29.5. The van der Waals surface area contributed by atoms with Crippen LogP contribution in [-0.2, 0) is 39.1 Å². The van der Waals surface area contributed by atoms with Crippen LogP contribution in [-0.4, -0.2) is 48.6 Å². The molecule has 3 aromatic rings. The number of hydrogen-bond donors (Lipinski definition) is 1. The number of piperidine rings is 1. The van der Waals surface area contributed by atoms with Gasteiger partial charge in [0.2, 0.25) is 21.8 Å². The minimum atomic E-state index is -4.23. The summed E-state index contributed by atoms with van der Waals surface area (Å²) in [5.41, 5.74) is 2.93. The lowest BCUT2D eigenvalue weighted by Gasteiger charge is -2.39. The molecule has 2 amide bonds. The SMILES string of the molecule is Cc1ccc(CNC(=O)C2CCN(C(=O)C3Cc4ccccc4CN3S(=O)(=O)c3c(Cl)cccc3Cl)CC2)cc1F. The van der Waals surface area contributed by atoms with E-state index < -0.39 is 16.1 Å². The van der Waals surface area contributed by atoms with Crippen LogP contribution in [0.3, 0.4) is 0 Å². The van der Waals surface area contributed by atoms with Crippen molar-refractivity contribution in [3.05, 3.63) is 98.8 Å². The van der Waals surface area contributed by atoms with Gasteiger partial charge in [-0.25, -0.2) is 12.8 Å². The Morgan fingerprint density at radius 2 is 1.63 bits per heavy atom. The number of benzene rings is 3. The van der Waals surface area contributed by atoms with Gasteiger partial charge in [-0.3, -0.25) is 9.59 Å². The summed E-state index contributed by atoms with van der Waals surface area (Å²) in [6.45, 7) is 2.53. The van der Waals surface area contributed by atoms with Crippen molar-refractivity contribution in [3.8, 4) is 0 Å². The number of nitrogens with one attached hydrogen (secondary N) is 1. The highest BCUT2D eigenvalue weighted by atomic mass is 35.5. The van der Waals surface area contributed by atoms with Gasteiger partial charge in [-0.15, -0.1) is 0 Å². The van der Waals surface area contributed by atoms with Crippen molar-refractivity contribution in [1.82, 2.24) is 14.5 Å². The molecule has 0 radical (unpaired) electrons. The summed E-state index contributed by atoms with van der Waals surface area (Å²) >= 11 is 12.6. The molecule has 2 aliphatic heterocycles. The Labute approximate surface area is 249 Å². The van der Waals surface area contributed by atoms with E-state index >= 15 is 0 Å². The summed E-state index contributed by atoms with van der Waals surface area (Å²) in [5.74, 6) is -1.09. The highest BCUT2D eigenvalue weighted by Gasteiger charge is 2.43. The minimum absolute atomic E-state index is 0.00887. The maximum absolute atomic E-state index is 13.9. The molecule has 1 N–H and O–H groups in total. The van der Waals surface area contributed by atoms with Crippen LogP contribution in [0, 0.1) is 18.7 Å². The van der Waals surface area contributed by atoms with E-state index in [4.69, 9.17) is 23.2 Å². The zero-order valence-electron chi connectivity index (χ0n) is 22.4. The van der Waals surface area contributed by atoms with Crippen molar-refractivity contribution in [2.75, 3.05) is 13.1 Å². The molecular weight excluding hydrogens is 588 g/mol. The van der Waals surface area contributed by atoms with Gasteiger partial charge in [0.25, 0.3) is 0 Å². The summed E-state index contributed by atoms with van der Waals surface area (Å²) in [6, 6.07) is 15.8. The Morgan fingerprint density at radius 1 is 0.976 bits per heavy atom. The van der Waals surface area contributed by atoms with Crippen molar-refractivity contribution < 1.29 is 22.4 Å². The number of nitrogens with zero attached hydrogens (tertiary/aromatic N) is 2. The summed E-state index contributed by atoms with van der Waals surface area (Å²) in [7, 11) is -4.23. The van der Waals surface area contributed by atoms with E-state index in [-0.39, 0.29) is 58.0 Å². The lowest BCUT2D eigenvalue weighted by atomic mass is 9.92. The number of likely N-dealkylation sites (tertiary alicyclic amines) is 1. The molecule has 2 aliphatic rings. The maximum atomic E-state index is 13.9. The van der Waals surface area contributed by atoms with E-state index in [1.807, 2.05) is 24.3 Å². The van der Waals surface area contributed by atoms with Crippen LogP contribution in [0.5, 0.6) is 0 Å². The number of amides is 2. The van der Waals surface area contributed by atoms with Crippen molar-refractivity contribution in [2.24, 2.45) is 5.92 Å². The number of sulfonamides is 1. The Kier molecular flexibility index (Phi) is 8.70. The molecule has 0 aromatic heterocycles. The molecule has 1 unspecified atom stereocenters. The monoisotopic (exact) mass is 617 g/mol. The first-order chi connectivity index (χ1) is 19.6. The summed E-state index contributed by atoms with van der Waals surface area (Å²) < 4.78 is 42.9. The van der Waals surface area contributed by atoms with Crippen LogP contribution >= 0.6 is 23.2 Å². The highest BCUT2D eigenvalue weighted by molar-refractivity contribution is 7.89. The van der Waals surface area contributed by atoms with E-state index in [2.05, 4.69) is 5.32 Å². The highest BCUT2D eigenvalue weighted by Crippen LogP contribution is 2.36. The number of aryl methyl sites for hydroxylation is 1. The number of fused-ring (bicyclic) bond motifs is 1. The van der Waals surface area contributed by atoms with Gasteiger partial charge in [0.15, 0.2) is 0 Å². The fourth-order valence-corrected chi connectivity index (χ4v) is 8.12. The topological polar surface area (TPSA) is 86.8 Å². The molecule has 1 atom stereocenters. The molecule has 5 rings (SSSR count). The summed E-state index contributed by atoms with van der Waals surface area (Å²) in [6.07, 6.45) is 1.09. The van der Waals surface area contributed by atoms with Crippen molar-refractivity contribution >= 4 is 45.0 Å². The van der Waals surface area contributed by atoms with Gasteiger partial charge in [-0.1, -0.05) is 65.7 Å². The molecule has 2 heterocycles. The van der Waals surface area contributed by atoms with Crippen LogP contribution in [0.4, 0.5) is 4.39 Å². The van der Waals surface area contributed by atoms with Gasteiger partial charge in [0, 0.05) is 32.1 Å². The molecule has 0 spiro atoms. The molecule has 3 aromatic carbocycles. The van der Waals surface area contributed by atoms with Gasteiger partial charge in [0.05, 0.1) is 10.0 Å². The number of hydrogen-bond acceptors (Lipinski definition) is 4. The number of rotatable bonds is 6. The standard InChI is InChI=1S/C30H30Cl2FN3O4S/c1-19-9-10-20(15-26(19)33)17-34-29(37)21-11-13-35(14-12-21)30(38)27-16-22-5-2-3-6-23(22)18-36(27)41(39,40)28-24(31)7-4-8-25(28)32/h2-10,15,21,27H,11-14,16-18H2,1H3,(H,34,37). The zero-order valence-corrected chi connectivity index (χ0v) is 24.8. The summed E-state index contributed by atoms with van der Waals surface area (Å²) in [4.78, 5) is 28.1. The minimum Gasteiger partial charge on any atom is -0.352 e. The second-order valence-electron chi connectivity index (χ2n) is 10.5. The van der Waals surface area contributed by atoms with Gasteiger partial charge >= 0.3 is 0 Å². The molecule has 0 bridgehead atoms. The largest absolute Gasteiger partial charge is 0.352 e. The van der Waals surface area contributed by atoms with E-state index in [1.54, 1.807) is 30.0 Å². The second kappa shape index (κ2) is 12.1. The molecule has 1 saturated heterocycles. The molecule has 7 nitrogen and oxygen atoms in total. The quantitative estimate of drug-likeness (QED) is 0.416. The molecule has 11 heteroatoms. The van der Waals surface area contributed by atoms with Crippen LogP contribution in [0.1, 0.15) is 35.1 Å².